The lowest BCUT2D eigenvalue weighted by Gasteiger charge is -2.27. The molecule has 18 heteroatoms. The third-order valence-electron chi connectivity index (χ3n) is 8.12. The molecule has 2 saturated heterocycles. The number of rotatable bonds is 12. The van der Waals surface area contributed by atoms with Gasteiger partial charge in [-0.25, -0.2) is 4.79 Å². The van der Waals surface area contributed by atoms with Crippen molar-refractivity contribution < 1.29 is 60.0 Å². The molecule has 2 aliphatic rings. The number of thiocarbonyl (C=S) groups is 1. The van der Waals surface area contributed by atoms with Crippen LogP contribution in [-0.2, 0) is 26.7 Å². The van der Waals surface area contributed by atoms with Crippen LogP contribution in [0.1, 0.15) is 33.5 Å². The van der Waals surface area contributed by atoms with Gasteiger partial charge in [0.1, 0.15) is 22.4 Å². The fourth-order valence-electron chi connectivity index (χ4n) is 5.40. The van der Waals surface area contributed by atoms with E-state index in [1.165, 1.54) is 54.5 Å². The molecular formula is C35H31F6N3O7S2. The summed E-state index contributed by atoms with van der Waals surface area (Å²) in [6, 6.07) is 9.37. The number of nitrogens with zero attached hydrogens (tertiary/aromatic N) is 2. The van der Waals surface area contributed by atoms with Gasteiger partial charge < -0.3 is 24.6 Å². The lowest BCUT2D eigenvalue weighted by atomic mass is 9.96. The smallest absolute Gasteiger partial charge is 0.416 e. The number of thioether (sulfide) groups is 1. The van der Waals surface area contributed by atoms with Gasteiger partial charge in [-0.2, -0.15) is 26.3 Å². The first-order valence-electron chi connectivity index (χ1n) is 15.9. The van der Waals surface area contributed by atoms with Gasteiger partial charge >= 0.3 is 18.3 Å². The van der Waals surface area contributed by atoms with Crippen LogP contribution < -0.4 is 14.8 Å². The molecule has 10 nitrogen and oxygen atoms in total. The van der Waals surface area contributed by atoms with Crippen LogP contribution in [0.15, 0.2) is 59.5 Å². The number of ether oxygens (including phenoxy) is 3. The average molecular weight is 784 g/mol. The van der Waals surface area contributed by atoms with Crippen molar-refractivity contribution in [2.75, 3.05) is 58.4 Å². The maximum atomic E-state index is 13.9. The molecule has 0 atom stereocenters. The number of hydrogen-bond donors (Lipinski definition) is 2. The second-order valence-electron chi connectivity index (χ2n) is 11.7. The van der Waals surface area contributed by atoms with Crippen LogP contribution in [0.5, 0.6) is 11.5 Å². The molecule has 2 fully saturated rings. The molecule has 3 aromatic rings. The molecule has 2 aliphatic heterocycles. The number of carboxylic acids is 1. The molecule has 3 aromatic carbocycles. The molecule has 2 N–H and O–H groups in total. The Morgan fingerprint density at radius 1 is 0.981 bits per heavy atom. The standard InChI is InChI=1S/C35H31F6N3O7S2/c1-49-26-16-22(17-28-31(46)44(33(52)53-28)7-6-29(45)42-25-4-2-20(3-5-25)32(47)48)30(51-13-10-43-8-11-50-12-9-43)27(19-26)21-14-23(34(36,37)38)18-24(15-21)35(39,40)41/h2-5,14-19H,6-13H2,1H3,(H,42,45)(H,47,48). The van der Waals surface area contributed by atoms with E-state index < -0.39 is 46.8 Å². The first-order chi connectivity index (χ1) is 25.0. The summed E-state index contributed by atoms with van der Waals surface area (Å²) in [4.78, 5) is 40.5. The Morgan fingerprint density at radius 3 is 2.21 bits per heavy atom. The van der Waals surface area contributed by atoms with Crippen molar-refractivity contribution in [3.8, 4) is 22.6 Å². The molecule has 2 heterocycles. The highest BCUT2D eigenvalue weighted by Crippen LogP contribution is 2.44. The first-order valence-corrected chi connectivity index (χ1v) is 17.1. The SMILES string of the molecule is COc1cc(C=C2SC(=S)N(CCC(=O)Nc3ccc(C(=O)O)cc3)C2=O)c(OCCN2CCOCC2)c(-c2cc(C(F)(F)F)cc(C(F)(F)F)c2)c1. The number of aromatic carboxylic acids is 1. The number of benzene rings is 3. The van der Waals surface area contributed by atoms with Crippen LogP contribution >= 0.6 is 24.0 Å². The van der Waals surface area contributed by atoms with E-state index in [9.17, 15) is 40.7 Å². The van der Waals surface area contributed by atoms with Gasteiger partial charge in [-0.15, -0.1) is 0 Å². The van der Waals surface area contributed by atoms with Gasteiger partial charge in [0.25, 0.3) is 5.91 Å². The summed E-state index contributed by atoms with van der Waals surface area (Å²) in [6.07, 6.45) is -9.04. The van der Waals surface area contributed by atoms with Gasteiger partial charge in [-0.1, -0.05) is 24.0 Å². The lowest BCUT2D eigenvalue weighted by molar-refractivity contribution is -0.143. The number of morpholine rings is 1. The number of carbonyl (C=O) groups is 3. The topological polar surface area (TPSA) is 118 Å². The summed E-state index contributed by atoms with van der Waals surface area (Å²) < 4.78 is 100. The van der Waals surface area contributed by atoms with Crippen molar-refractivity contribution in [2.24, 2.45) is 0 Å². The van der Waals surface area contributed by atoms with Crippen molar-refractivity contribution in [2.45, 2.75) is 18.8 Å². The van der Waals surface area contributed by atoms with Crippen molar-refractivity contribution in [1.29, 1.82) is 0 Å². The molecular weight excluding hydrogens is 753 g/mol. The minimum absolute atomic E-state index is 0.0135. The van der Waals surface area contributed by atoms with E-state index in [1.807, 2.05) is 4.90 Å². The molecule has 0 radical (unpaired) electrons. The van der Waals surface area contributed by atoms with Crippen LogP contribution in [-0.4, -0.2) is 90.1 Å². The highest BCUT2D eigenvalue weighted by atomic mass is 32.2. The fraction of sp³-hybridized carbons (Fsp3) is 0.314. The zero-order valence-electron chi connectivity index (χ0n) is 27.8. The second kappa shape index (κ2) is 16.6. The van der Waals surface area contributed by atoms with E-state index in [0.29, 0.717) is 50.7 Å². The molecule has 2 amide bonds. The predicted octanol–water partition coefficient (Wildman–Crippen LogP) is 7.04. The number of anilines is 1. The molecule has 0 bridgehead atoms. The van der Waals surface area contributed by atoms with Crippen LogP contribution in [0.3, 0.4) is 0 Å². The number of carbonyl (C=O) groups excluding carboxylic acids is 2. The Morgan fingerprint density at radius 2 is 1.62 bits per heavy atom. The highest BCUT2D eigenvalue weighted by molar-refractivity contribution is 8.26. The molecule has 0 spiro atoms. The fourth-order valence-corrected chi connectivity index (χ4v) is 6.70. The molecule has 53 heavy (non-hydrogen) atoms. The Labute approximate surface area is 308 Å². The van der Waals surface area contributed by atoms with Crippen LogP contribution in [0.25, 0.3) is 17.2 Å². The van der Waals surface area contributed by atoms with E-state index in [1.54, 1.807) is 0 Å². The quantitative estimate of drug-likeness (QED) is 0.113. The summed E-state index contributed by atoms with van der Waals surface area (Å²) in [5.41, 5.74) is -3.14. The number of carboxylic acid groups (broad SMARTS) is 1. The summed E-state index contributed by atoms with van der Waals surface area (Å²) >= 11 is 6.30. The minimum Gasteiger partial charge on any atom is -0.497 e. The highest BCUT2D eigenvalue weighted by Gasteiger charge is 2.38. The van der Waals surface area contributed by atoms with E-state index >= 15 is 0 Å². The second-order valence-corrected chi connectivity index (χ2v) is 13.4. The van der Waals surface area contributed by atoms with Crippen LogP contribution in [0, 0.1) is 0 Å². The summed E-state index contributed by atoms with van der Waals surface area (Å²) in [6.45, 7) is 2.36. The number of halogens is 6. The predicted molar refractivity (Wildman–Crippen MR) is 188 cm³/mol. The van der Waals surface area contributed by atoms with Gasteiger partial charge in [0.05, 0.1) is 41.9 Å². The van der Waals surface area contributed by atoms with Crippen molar-refractivity contribution in [3.63, 3.8) is 0 Å². The Balaban J connectivity index is 1.47. The van der Waals surface area contributed by atoms with Crippen LogP contribution in [0.2, 0.25) is 0 Å². The number of alkyl halides is 6. The Hall–Kier alpha value is -4.65. The molecule has 0 aliphatic carbocycles. The third kappa shape index (κ3) is 10.1. The summed E-state index contributed by atoms with van der Waals surface area (Å²) in [7, 11) is 1.26. The third-order valence-corrected chi connectivity index (χ3v) is 9.50. The Bertz CT molecular complexity index is 1880. The number of amides is 2. The zero-order chi connectivity index (χ0) is 38.5. The summed E-state index contributed by atoms with van der Waals surface area (Å²) in [5, 5.41) is 11.7. The lowest BCUT2D eigenvalue weighted by Crippen LogP contribution is -2.38. The van der Waals surface area contributed by atoms with E-state index in [-0.39, 0.29) is 63.1 Å². The number of methoxy groups -OCH3 is 1. The van der Waals surface area contributed by atoms with Gasteiger partial charge in [0, 0.05) is 49.4 Å². The van der Waals surface area contributed by atoms with E-state index in [2.05, 4.69) is 5.32 Å². The molecule has 282 valence electrons. The molecule has 0 aromatic heterocycles. The maximum Gasteiger partial charge on any atom is 0.416 e. The van der Waals surface area contributed by atoms with Gasteiger partial charge in [-0.05, 0) is 66.2 Å². The van der Waals surface area contributed by atoms with Gasteiger partial charge in [-0.3, -0.25) is 19.4 Å². The Kier molecular flexibility index (Phi) is 12.4. The van der Waals surface area contributed by atoms with Crippen molar-refractivity contribution in [1.82, 2.24) is 9.80 Å². The molecule has 0 unspecified atom stereocenters. The monoisotopic (exact) mass is 783 g/mol. The molecule has 0 saturated carbocycles. The van der Waals surface area contributed by atoms with Crippen molar-refractivity contribution in [3.05, 3.63) is 81.8 Å². The summed E-state index contributed by atoms with van der Waals surface area (Å²) in [5.74, 6) is -2.25. The van der Waals surface area contributed by atoms with E-state index in [4.69, 9.17) is 31.5 Å². The number of nitrogens with one attached hydrogen (secondary N) is 1. The minimum atomic E-state index is -5.11. The van der Waals surface area contributed by atoms with Crippen molar-refractivity contribution >= 4 is 57.8 Å². The molecule has 5 rings (SSSR count). The van der Waals surface area contributed by atoms with Crippen LogP contribution in [0.4, 0.5) is 32.0 Å². The number of hydrogen-bond acceptors (Lipinski definition) is 9. The largest absolute Gasteiger partial charge is 0.497 e. The zero-order valence-corrected chi connectivity index (χ0v) is 29.4. The average Bonchev–Trinajstić information content (AvgIpc) is 3.38. The normalized spacial score (nSPS) is 16.3. The van der Waals surface area contributed by atoms with Gasteiger partial charge in [0.2, 0.25) is 5.91 Å². The van der Waals surface area contributed by atoms with Gasteiger partial charge in [0.15, 0.2) is 0 Å². The first kappa shape index (κ1) is 39.6. The van der Waals surface area contributed by atoms with E-state index in [0.717, 1.165) is 11.8 Å². The maximum absolute atomic E-state index is 13.9.